The Balaban J connectivity index is 1.49. The number of nitrogens with zero attached hydrogens (tertiary/aromatic N) is 1. The number of benzene rings is 3. The third-order valence-corrected chi connectivity index (χ3v) is 6.36. The number of oxazole rings is 1. The molecule has 7 heteroatoms. The van der Waals surface area contributed by atoms with Crippen LogP contribution in [0.5, 0.6) is 0 Å². The SMILES string of the molecule is C[C@H](Sc1cccc(Cl)c1Cl)C(=O)Nc1ccc2oc(-c3ccccc3)nc2c1. The summed E-state index contributed by atoms with van der Waals surface area (Å²) in [6.07, 6.45) is 0. The second-order valence-electron chi connectivity index (χ2n) is 6.37. The van der Waals surface area contributed by atoms with Gasteiger partial charge in [0.15, 0.2) is 5.58 Å². The Morgan fingerprint density at radius 2 is 1.86 bits per heavy atom. The molecule has 0 aliphatic heterocycles. The van der Waals surface area contributed by atoms with Crippen molar-refractivity contribution in [2.45, 2.75) is 17.1 Å². The van der Waals surface area contributed by atoms with Crippen LogP contribution in [0.4, 0.5) is 5.69 Å². The summed E-state index contributed by atoms with van der Waals surface area (Å²) in [5, 5.41) is 3.48. The van der Waals surface area contributed by atoms with Crippen LogP contribution in [-0.2, 0) is 4.79 Å². The Labute approximate surface area is 182 Å². The van der Waals surface area contributed by atoms with E-state index in [1.54, 1.807) is 24.3 Å². The number of carbonyl (C=O) groups excluding carboxylic acids is 1. The molecule has 1 amide bonds. The summed E-state index contributed by atoms with van der Waals surface area (Å²) in [5.74, 6) is 0.403. The third-order valence-electron chi connectivity index (χ3n) is 4.26. The van der Waals surface area contributed by atoms with E-state index in [2.05, 4.69) is 10.3 Å². The third kappa shape index (κ3) is 4.42. The number of thioether (sulfide) groups is 1. The van der Waals surface area contributed by atoms with E-state index in [4.69, 9.17) is 27.6 Å². The zero-order valence-electron chi connectivity index (χ0n) is 15.4. The molecular formula is C22H16Cl2N2O2S. The highest BCUT2D eigenvalue weighted by Crippen LogP contribution is 2.35. The monoisotopic (exact) mass is 442 g/mol. The van der Waals surface area contributed by atoms with Crippen molar-refractivity contribution in [3.05, 3.63) is 76.8 Å². The molecule has 0 aliphatic rings. The lowest BCUT2D eigenvalue weighted by Crippen LogP contribution is -2.22. The van der Waals surface area contributed by atoms with Gasteiger partial charge in [-0.15, -0.1) is 11.8 Å². The molecule has 4 rings (SSSR count). The Morgan fingerprint density at radius 3 is 2.66 bits per heavy atom. The molecule has 29 heavy (non-hydrogen) atoms. The molecule has 0 aliphatic carbocycles. The van der Waals surface area contributed by atoms with Gasteiger partial charge in [0, 0.05) is 16.1 Å². The van der Waals surface area contributed by atoms with E-state index in [1.165, 1.54) is 11.8 Å². The van der Waals surface area contributed by atoms with Crippen LogP contribution in [-0.4, -0.2) is 16.1 Å². The lowest BCUT2D eigenvalue weighted by Gasteiger charge is -2.13. The highest BCUT2D eigenvalue weighted by Gasteiger charge is 2.18. The van der Waals surface area contributed by atoms with Gasteiger partial charge in [-0.1, -0.05) is 47.5 Å². The topological polar surface area (TPSA) is 55.1 Å². The van der Waals surface area contributed by atoms with E-state index in [0.717, 1.165) is 10.5 Å². The number of nitrogens with one attached hydrogen (secondary N) is 1. The summed E-state index contributed by atoms with van der Waals surface area (Å²) in [4.78, 5) is 17.9. The van der Waals surface area contributed by atoms with Gasteiger partial charge < -0.3 is 9.73 Å². The quantitative estimate of drug-likeness (QED) is 0.340. The average Bonchev–Trinajstić information content (AvgIpc) is 3.15. The first-order valence-corrected chi connectivity index (χ1v) is 10.5. The molecule has 1 N–H and O–H groups in total. The fourth-order valence-electron chi connectivity index (χ4n) is 2.77. The van der Waals surface area contributed by atoms with Crippen molar-refractivity contribution in [2.75, 3.05) is 5.32 Å². The van der Waals surface area contributed by atoms with Crippen LogP contribution in [0.3, 0.4) is 0 Å². The molecule has 4 aromatic rings. The predicted molar refractivity (Wildman–Crippen MR) is 120 cm³/mol. The molecule has 0 fully saturated rings. The van der Waals surface area contributed by atoms with E-state index in [1.807, 2.05) is 49.4 Å². The Kier molecular flexibility index (Phi) is 5.81. The summed E-state index contributed by atoms with van der Waals surface area (Å²) >= 11 is 13.6. The van der Waals surface area contributed by atoms with E-state index in [0.29, 0.717) is 32.7 Å². The first kappa shape index (κ1) is 19.8. The Morgan fingerprint density at radius 1 is 1.07 bits per heavy atom. The molecule has 1 aromatic heterocycles. The molecule has 146 valence electrons. The van der Waals surface area contributed by atoms with Gasteiger partial charge in [-0.2, -0.15) is 0 Å². The lowest BCUT2D eigenvalue weighted by molar-refractivity contribution is -0.115. The highest BCUT2D eigenvalue weighted by molar-refractivity contribution is 8.00. The summed E-state index contributed by atoms with van der Waals surface area (Å²) in [7, 11) is 0. The summed E-state index contributed by atoms with van der Waals surface area (Å²) in [6.45, 7) is 1.82. The van der Waals surface area contributed by atoms with E-state index < -0.39 is 0 Å². The van der Waals surface area contributed by atoms with Crippen molar-refractivity contribution < 1.29 is 9.21 Å². The van der Waals surface area contributed by atoms with Gasteiger partial charge in [-0.05, 0) is 49.4 Å². The van der Waals surface area contributed by atoms with E-state index in [9.17, 15) is 4.79 Å². The zero-order chi connectivity index (χ0) is 20.4. The number of carbonyl (C=O) groups is 1. The van der Waals surface area contributed by atoms with E-state index in [-0.39, 0.29) is 11.2 Å². The van der Waals surface area contributed by atoms with Crippen LogP contribution in [0.25, 0.3) is 22.6 Å². The van der Waals surface area contributed by atoms with Crippen molar-refractivity contribution in [2.24, 2.45) is 0 Å². The molecule has 0 spiro atoms. The fraction of sp³-hybridized carbons (Fsp3) is 0.0909. The molecule has 1 heterocycles. The van der Waals surface area contributed by atoms with Crippen LogP contribution in [0, 0.1) is 0 Å². The maximum atomic E-state index is 12.6. The highest BCUT2D eigenvalue weighted by atomic mass is 35.5. The largest absolute Gasteiger partial charge is 0.436 e. The smallest absolute Gasteiger partial charge is 0.237 e. The second-order valence-corrected chi connectivity index (χ2v) is 8.54. The Hall–Kier alpha value is -2.47. The number of amides is 1. The van der Waals surface area contributed by atoms with Gasteiger partial charge in [0.1, 0.15) is 5.52 Å². The van der Waals surface area contributed by atoms with Crippen molar-refractivity contribution >= 4 is 57.7 Å². The molecule has 3 aromatic carbocycles. The first-order chi connectivity index (χ1) is 14.0. The van der Waals surface area contributed by atoms with Crippen molar-refractivity contribution in [3.63, 3.8) is 0 Å². The number of halogens is 2. The summed E-state index contributed by atoms with van der Waals surface area (Å²) < 4.78 is 5.81. The normalized spacial score (nSPS) is 12.1. The maximum absolute atomic E-state index is 12.6. The molecule has 4 nitrogen and oxygen atoms in total. The molecule has 1 atom stereocenters. The molecule has 0 unspecified atom stereocenters. The molecular weight excluding hydrogens is 427 g/mol. The van der Waals surface area contributed by atoms with Crippen molar-refractivity contribution in [3.8, 4) is 11.5 Å². The molecule has 0 bridgehead atoms. The predicted octanol–water partition coefficient (Wildman–Crippen LogP) is 6.92. The number of hydrogen-bond donors (Lipinski definition) is 1. The number of hydrogen-bond acceptors (Lipinski definition) is 4. The second kappa shape index (κ2) is 8.49. The van der Waals surface area contributed by atoms with Gasteiger partial charge in [-0.3, -0.25) is 4.79 Å². The lowest BCUT2D eigenvalue weighted by atomic mass is 10.2. The number of anilines is 1. The Bertz CT molecular complexity index is 1180. The maximum Gasteiger partial charge on any atom is 0.237 e. The van der Waals surface area contributed by atoms with E-state index >= 15 is 0 Å². The zero-order valence-corrected chi connectivity index (χ0v) is 17.7. The van der Waals surface area contributed by atoms with Gasteiger partial charge >= 0.3 is 0 Å². The average molecular weight is 443 g/mol. The van der Waals surface area contributed by atoms with Crippen molar-refractivity contribution in [1.82, 2.24) is 4.98 Å². The molecule has 0 radical (unpaired) electrons. The van der Waals surface area contributed by atoms with Gasteiger partial charge in [0.05, 0.1) is 15.3 Å². The first-order valence-electron chi connectivity index (χ1n) is 8.89. The minimum Gasteiger partial charge on any atom is -0.436 e. The standard InChI is InChI=1S/C22H16Cl2N2O2S/c1-13(29-19-9-5-8-16(23)20(19)24)21(27)25-15-10-11-18-17(12-15)26-22(28-18)14-6-3-2-4-7-14/h2-13H,1H3,(H,25,27)/t13-/m0/s1. The summed E-state index contributed by atoms with van der Waals surface area (Å²) in [6, 6.07) is 20.4. The van der Waals surface area contributed by atoms with Crippen LogP contribution in [0.2, 0.25) is 10.0 Å². The van der Waals surface area contributed by atoms with Crippen LogP contribution in [0.1, 0.15) is 6.92 Å². The van der Waals surface area contributed by atoms with Gasteiger partial charge in [-0.25, -0.2) is 4.98 Å². The molecule has 0 saturated carbocycles. The van der Waals surface area contributed by atoms with Gasteiger partial charge in [0.25, 0.3) is 0 Å². The number of fused-ring (bicyclic) bond motifs is 1. The van der Waals surface area contributed by atoms with Crippen LogP contribution < -0.4 is 5.32 Å². The van der Waals surface area contributed by atoms with Gasteiger partial charge in [0.2, 0.25) is 11.8 Å². The number of aromatic nitrogens is 1. The number of rotatable bonds is 5. The molecule has 0 saturated heterocycles. The van der Waals surface area contributed by atoms with Crippen LogP contribution >= 0.6 is 35.0 Å². The minimum atomic E-state index is -0.362. The summed E-state index contributed by atoms with van der Waals surface area (Å²) in [5.41, 5.74) is 2.90. The fourth-order valence-corrected chi connectivity index (χ4v) is 4.18. The minimum absolute atomic E-state index is 0.142. The van der Waals surface area contributed by atoms with Crippen LogP contribution in [0.15, 0.2) is 76.0 Å². The van der Waals surface area contributed by atoms with Crippen molar-refractivity contribution in [1.29, 1.82) is 0 Å².